The van der Waals surface area contributed by atoms with E-state index in [9.17, 15) is 9.59 Å². The van der Waals surface area contributed by atoms with Gasteiger partial charge in [0, 0.05) is 31.4 Å². The van der Waals surface area contributed by atoms with Gasteiger partial charge in [0.2, 0.25) is 11.8 Å². The zero-order valence-corrected chi connectivity index (χ0v) is 13.7. The summed E-state index contributed by atoms with van der Waals surface area (Å²) in [7, 11) is 2.06. The van der Waals surface area contributed by atoms with Gasteiger partial charge in [0.1, 0.15) is 6.54 Å². The van der Waals surface area contributed by atoms with Gasteiger partial charge in [0.25, 0.3) is 0 Å². The number of hydrogen-bond acceptors (Lipinski definition) is 5. The fraction of sp³-hybridized carbons (Fsp3) is 0.375. The fourth-order valence-corrected chi connectivity index (χ4v) is 2.66. The van der Waals surface area contributed by atoms with Gasteiger partial charge in [-0.25, -0.2) is 4.68 Å². The van der Waals surface area contributed by atoms with Crippen LogP contribution in [-0.2, 0) is 22.6 Å². The highest BCUT2D eigenvalue weighted by Crippen LogP contribution is 2.29. The van der Waals surface area contributed by atoms with Crippen molar-refractivity contribution in [2.45, 2.75) is 26.3 Å². The average Bonchev–Trinajstić information content (AvgIpc) is 3.14. The minimum atomic E-state index is -0.195. The van der Waals surface area contributed by atoms with Crippen LogP contribution in [0.2, 0.25) is 0 Å². The smallest absolute Gasteiger partial charge is 0.246 e. The van der Waals surface area contributed by atoms with Crippen LogP contribution in [0.15, 0.2) is 24.4 Å². The SMILES string of the molecule is CCC(=O)Nc1cn(CC(=O)Nc2ccc3c(c2)CCN3C)nn1. The number of aromatic nitrogens is 3. The van der Waals surface area contributed by atoms with Crippen molar-refractivity contribution >= 4 is 29.0 Å². The molecule has 8 nitrogen and oxygen atoms in total. The van der Waals surface area contributed by atoms with Gasteiger partial charge in [-0.2, -0.15) is 0 Å². The van der Waals surface area contributed by atoms with Crippen molar-refractivity contribution in [2.24, 2.45) is 0 Å². The molecule has 1 aromatic heterocycles. The summed E-state index contributed by atoms with van der Waals surface area (Å²) in [6.07, 6.45) is 2.88. The molecule has 0 spiro atoms. The van der Waals surface area contributed by atoms with Crippen molar-refractivity contribution in [3.8, 4) is 0 Å². The first-order valence-electron chi connectivity index (χ1n) is 7.89. The maximum atomic E-state index is 12.1. The molecule has 126 valence electrons. The lowest BCUT2D eigenvalue weighted by molar-refractivity contribution is -0.117. The molecular formula is C16H20N6O2. The molecule has 0 saturated carbocycles. The Kier molecular flexibility index (Phi) is 4.45. The number of hydrogen-bond donors (Lipinski definition) is 2. The second-order valence-corrected chi connectivity index (χ2v) is 5.77. The first kappa shape index (κ1) is 16.0. The number of amides is 2. The molecule has 2 amide bonds. The highest BCUT2D eigenvalue weighted by atomic mass is 16.2. The molecule has 0 fully saturated rings. The molecule has 8 heteroatoms. The molecule has 2 N–H and O–H groups in total. The standard InChI is InChI=1S/C16H20N6O2/c1-3-15(23)18-14-9-22(20-19-14)10-16(24)17-12-4-5-13-11(8-12)6-7-21(13)2/h4-5,8-9H,3,6-7,10H2,1-2H3,(H,17,24)(H,18,23). The van der Waals surface area contributed by atoms with Crippen LogP contribution in [-0.4, -0.2) is 40.4 Å². The van der Waals surface area contributed by atoms with Crippen LogP contribution in [0.5, 0.6) is 0 Å². The quantitative estimate of drug-likeness (QED) is 0.862. The predicted octanol–water partition coefficient (Wildman–Crippen LogP) is 1.26. The van der Waals surface area contributed by atoms with Crippen LogP contribution in [0.1, 0.15) is 18.9 Å². The van der Waals surface area contributed by atoms with Gasteiger partial charge < -0.3 is 15.5 Å². The Morgan fingerprint density at radius 1 is 1.25 bits per heavy atom. The molecule has 0 atom stereocenters. The topological polar surface area (TPSA) is 92.2 Å². The third-order valence-corrected chi connectivity index (χ3v) is 3.92. The third-order valence-electron chi connectivity index (χ3n) is 3.92. The minimum absolute atomic E-state index is 0.0337. The van der Waals surface area contributed by atoms with Crippen molar-refractivity contribution in [3.63, 3.8) is 0 Å². The highest BCUT2D eigenvalue weighted by Gasteiger charge is 2.16. The van der Waals surface area contributed by atoms with Crippen molar-refractivity contribution in [1.29, 1.82) is 0 Å². The minimum Gasteiger partial charge on any atom is -0.374 e. The lowest BCUT2D eigenvalue weighted by Gasteiger charge is -2.12. The Labute approximate surface area is 139 Å². The Balaban J connectivity index is 1.59. The van der Waals surface area contributed by atoms with Crippen LogP contribution < -0.4 is 15.5 Å². The van der Waals surface area contributed by atoms with Crippen LogP contribution in [0.3, 0.4) is 0 Å². The lowest BCUT2D eigenvalue weighted by atomic mass is 10.1. The van der Waals surface area contributed by atoms with Gasteiger partial charge in [-0.3, -0.25) is 9.59 Å². The molecule has 24 heavy (non-hydrogen) atoms. The summed E-state index contributed by atoms with van der Waals surface area (Å²) in [5.41, 5.74) is 3.22. The normalized spacial score (nSPS) is 12.8. The second-order valence-electron chi connectivity index (χ2n) is 5.77. The van der Waals surface area contributed by atoms with Gasteiger partial charge in [-0.15, -0.1) is 5.10 Å². The predicted molar refractivity (Wildman–Crippen MR) is 91.0 cm³/mol. The maximum Gasteiger partial charge on any atom is 0.246 e. The molecule has 0 bridgehead atoms. The van der Waals surface area contributed by atoms with E-state index in [1.54, 1.807) is 6.92 Å². The monoisotopic (exact) mass is 328 g/mol. The van der Waals surface area contributed by atoms with Gasteiger partial charge in [-0.1, -0.05) is 12.1 Å². The van der Waals surface area contributed by atoms with E-state index < -0.39 is 0 Å². The van der Waals surface area contributed by atoms with E-state index in [0.717, 1.165) is 18.7 Å². The number of fused-ring (bicyclic) bond motifs is 1. The number of benzene rings is 1. The number of carbonyl (C=O) groups is 2. The summed E-state index contributed by atoms with van der Waals surface area (Å²) in [6.45, 7) is 2.78. The molecule has 3 rings (SSSR count). The summed E-state index contributed by atoms with van der Waals surface area (Å²) in [5, 5.41) is 13.1. The van der Waals surface area contributed by atoms with Crippen molar-refractivity contribution < 1.29 is 9.59 Å². The van der Waals surface area contributed by atoms with Crippen molar-refractivity contribution in [2.75, 3.05) is 29.1 Å². The Morgan fingerprint density at radius 3 is 2.88 bits per heavy atom. The largest absolute Gasteiger partial charge is 0.374 e. The molecule has 1 aliphatic heterocycles. The van der Waals surface area contributed by atoms with Crippen LogP contribution >= 0.6 is 0 Å². The number of rotatable bonds is 5. The fourth-order valence-electron chi connectivity index (χ4n) is 2.66. The molecule has 0 radical (unpaired) electrons. The zero-order chi connectivity index (χ0) is 17.1. The molecule has 2 heterocycles. The Morgan fingerprint density at radius 2 is 2.08 bits per heavy atom. The van der Waals surface area contributed by atoms with E-state index in [-0.39, 0.29) is 18.4 Å². The van der Waals surface area contributed by atoms with Gasteiger partial charge in [-0.05, 0) is 30.2 Å². The van der Waals surface area contributed by atoms with Crippen molar-refractivity contribution in [3.05, 3.63) is 30.0 Å². The highest BCUT2D eigenvalue weighted by molar-refractivity contribution is 5.91. The van der Waals surface area contributed by atoms with E-state index in [0.29, 0.717) is 12.2 Å². The molecule has 2 aromatic rings. The third kappa shape index (κ3) is 3.53. The first-order chi connectivity index (χ1) is 11.5. The van der Waals surface area contributed by atoms with Crippen LogP contribution in [0, 0.1) is 0 Å². The summed E-state index contributed by atoms with van der Waals surface area (Å²) < 4.78 is 1.39. The maximum absolute atomic E-state index is 12.1. The lowest BCUT2D eigenvalue weighted by Crippen LogP contribution is -2.19. The summed E-state index contributed by atoms with van der Waals surface area (Å²) in [5.74, 6) is 0.00407. The van der Waals surface area contributed by atoms with E-state index in [1.807, 2.05) is 18.2 Å². The van der Waals surface area contributed by atoms with E-state index >= 15 is 0 Å². The number of nitrogens with zero attached hydrogens (tertiary/aromatic N) is 4. The zero-order valence-electron chi connectivity index (χ0n) is 13.7. The molecule has 0 aliphatic carbocycles. The molecular weight excluding hydrogens is 308 g/mol. The van der Waals surface area contributed by atoms with Crippen LogP contribution in [0.25, 0.3) is 0 Å². The van der Waals surface area contributed by atoms with E-state index in [2.05, 4.69) is 32.9 Å². The average molecular weight is 328 g/mol. The Hall–Kier alpha value is -2.90. The second kappa shape index (κ2) is 6.69. The van der Waals surface area contributed by atoms with Crippen molar-refractivity contribution in [1.82, 2.24) is 15.0 Å². The summed E-state index contributed by atoms with van der Waals surface area (Å²) in [6, 6.07) is 5.92. The van der Waals surface area contributed by atoms with Gasteiger partial charge in [0.05, 0.1) is 6.20 Å². The summed E-state index contributed by atoms with van der Waals surface area (Å²) >= 11 is 0. The number of anilines is 3. The van der Waals surface area contributed by atoms with Gasteiger partial charge >= 0.3 is 0 Å². The van der Waals surface area contributed by atoms with Gasteiger partial charge in [0.15, 0.2) is 5.82 Å². The van der Waals surface area contributed by atoms with E-state index in [4.69, 9.17) is 0 Å². The number of carbonyl (C=O) groups excluding carboxylic acids is 2. The Bertz CT molecular complexity index is 770. The van der Waals surface area contributed by atoms with E-state index in [1.165, 1.54) is 22.1 Å². The first-order valence-corrected chi connectivity index (χ1v) is 7.89. The molecule has 1 aliphatic rings. The molecule has 1 aromatic carbocycles. The summed E-state index contributed by atoms with van der Waals surface area (Å²) in [4.78, 5) is 25.6. The van der Waals surface area contributed by atoms with Crippen LogP contribution in [0.4, 0.5) is 17.2 Å². The number of likely N-dealkylation sites (N-methyl/N-ethyl adjacent to an activating group) is 1. The molecule has 0 saturated heterocycles. The number of nitrogens with one attached hydrogen (secondary N) is 2. The molecule has 0 unspecified atom stereocenters.